The molecule has 0 aromatic heterocycles. The van der Waals surface area contributed by atoms with Crippen molar-refractivity contribution in [3.05, 3.63) is 41.5 Å². The van der Waals surface area contributed by atoms with Gasteiger partial charge in [-0.1, -0.05) is 104 Å². The predicted octanol–water partition coefficient (Wildman–Crippen LogP) is 14.9. The van der Waals surface area contributed by atoms with Crippen LogP contribution < -0.4 is 15.4 Å². The van der Waals surface area contributed by atoms with E-state index in [1.54, 1.807) is 7.11 Å². The van der Waals surface area contributed by atoms with E-state index in [-0.39, 0.29) is 42.8 Å². The Kier molecular flexibility index (Phi) is 21.7. The molecule has 3 saturated carbocycles. The first-order valence-corrected chi connectivity index (χ1v) is 29.0. The maximum absolute atomic E-state index is 14.0. The van der Waals surface area contributed by atoms with Gasteiger partial charge in [0.05, 0.1) is 13.5 Å². The number of alkyl carbamates (subject to hydrolysis) is 2. The van der Waals surface area contributed by atoms with Crippen molar-refractivity contribution < 1.29 is 38.1 Å². The molecular weight excluding hydrogens is 915 g/mol. The number of esters is 1. The molecule has 3 amide bonds. The van der Waals surface area contributed by atoms with E-state index in [4.69, 9.17) is 18.9 Å². The first-order chi connectivity index (χ1) is 34.3. The number of nitrogens with one attached hydrogen (secondary N) is 2. The molecule has 0 radical (unpaired) electrons. The second-order valence-corrected chi connectivity index (χ2v) is 26.4. The molecule has 0 unspecified atom stereocenters. The monoisotopic (exact) mass is 1020 g/mol. The van der Waals surface area contributed by atoms with E-state index in [9.17, 15) is 19.2 Å². The van der Waals surface area contributed by atoms with Gasteiger partial charge in [0.1, 0.15) is 24.1 Å². The summed E-state index contributed by atoms with van der Waals surface area (Å²) < 4.78 is 22.4. The van der Waals surface area contributed by atoms with Gasteiger partial charge in [0, 0.05) is 37.0 Å². The van der Waals surface area contributed by atoms with Crippen molar-refractivity contribution in [2.75, 3.05) is 20.2 Å². The van der Waals surface area contributed by atoms with E-state index in [1.807, 2.05) is 77.6 Å². The van der Waals surface area contributed by atoms with E-state index >= 15 is 0 Å². The fraction of sp³-hybridized carbons (Fsp3) is 0.806. The van der Waals surface area contributed by atoms with E-state index in [0.29, 0.717) is 30.8 Å². The molecule has 0 heterocycles. The van der Waals surface area contributed by atoms with Gasteiger partial charge in [0.25, 0.3) is 0 Å². The topological polar surface area (TPSA) is 132 Å². The van der Waals surface area contributed by atoms with Crippen LogP contribution in [0.15, 0.2) is 35.9 Å². The van der Waals surface area contributed by atoms with Crippen LogP contribution in [0.1, 0.15) is 224 Å². The predicted molar refractivity (Wildman–Crippen MR) is 294 cm³/mol. The van der Waals surface area contributed by atoms with Crippen LogP contribution in [0.25, 0.3) is 0 Å². The number of fused-ring (bicyclic) bond motifs is 5. The molecule has 414 valence electrons. The molecule has 3 fully saturated rings. The van der Waals surface area contributed by atoms with Crippen molar-refractivity contribution in [3.8, 4) is 5.75 Å². The fourth-order valence-corrected chi connectivity index (χ4v) is 14.1. The molecule has 0 bridgehead atoms. The number of amides is 3. The summed E-state index contributed by atoms with van der Waals surface area (Å²) in [4.78, 5) is 54.6. The standard InChI is InChI=1S/C62H103N3O8/c1-15-46(43(2)3)24-21-44(4)51-29-30-52-50-28-25-47-41-49(33-36-61(47,12)53(50)34-37-62(51,52)13)72-55(67)32-31-54(66)65(40-38-60(10,11)64-57(69)73-58(5,6)7)39-20-18-16-17-19-35-59(8,9)63-56(68)71-42-45-22-26-48(70-14)27-23-45/h22-23,25-27,43-44,46,49-53H,15-21,24,28-42H2,1-14H3,(H,63,68)(H,64,69)/t44-,46-,49+,50+,51-,52+,53+,61+,62-/m1/s1. The van der Waals surface area contributed by atoms with Crippen LogP contribution in [0.5, 0.6) is 5.75 Å². The highest BCUT2D eigenvalue weighted by Crippen LogP contribution is 2.67. The highest BCUT2D eigenvalue weighted by atomic mass is 16.6. The van der Waals surface area contributed by atoms with Crippen LogP contribution >= 0.6 is 0 Å². The van der Waals surface area contributed by atoms with Gasteiger partial charge in [-0.05, 0) is 189 Å². The number of benzene rings is 1. The van der Waals surface area contributed by atoms with Crippen LogP contribution in [-0.4, -0.2) is 71.9 Å². The molecule has 4 aliphatic carbocycles. The Balaban J connectivity index is 1.08. The zero-order chi connectivity index (χ0) is 53.8. The molecule has 1 aromatic rings. The molecule has 4 aliphatic rings. The zero-order valence-corrected chi connectivity index (χ0v) is 48.5. The SMILES string of the molecule is CC[C@H](CC[C@@H](C)[C@H]1CC[C@H]2[C@@H]3CC=C4C[C@@H](OC(=O)CCC(=O)N(CCCCCCCC(C)(C)NC(=O)OCc5ccc(OC)cc5)CCC(C)(C)NC(=O)OC(C)(C)C)CC[C@]4(C)[C@H]3CC[C@]12C)C(C)C. The van der Waals surface area contributed by atoms with Crippen molar-refractivity contribution in [2.45, 2.75) is 248 Å². The molecule has 2 N–H and O–H groups in total. The molecule has 0 spiro atoms. The smallest absolute Gasteiger partial charge is 0.408 e. The Hall–Kier alpha value is -3.76. The Morgan fingerprint density at radius 1 is 0.767 bits per heavy atom. The highest BCUT2D eigenvalue weighted by molar-refractivity contribution is 5.81. The van der Waals surface area contributed by atoms with E-state index in [1.165, 1.54) is 50.5 Å². The molecule has 1 aromatic carbocycles. The van der Waals surface area contributed by atoms with Crippen molar-refractivity contribution in [3.63, 3.8) is 0 Å². The lowest BCUT2D eigenvalue weighted by Gasteiger charge is -2.58. The van der Waals surface area contributed by atoms with Gasteiger partial charge in [0.2, 0.25) is 5.91 Å². The second kappa shape index (κ2) is 26.3. The average Bonchev–Trinajstić information content (AvgIpc) is 3.67. The lowest BCUT2D eigenvalue weighted by molar-refractivity contribution is -0.153. The Morgan fingerprint density at radius 2 is 1.44 bits per heavy atom. The van der Waals surface area contributed by atoms with Crippen LogP contribution in [0.2, 0.25) is 0 Å². The van der Waals surface area contributed by atoms with Crippen molar-refractivity contribution in [1.82, 2.24) is 15.5 Å². The van der Waals surface area contributed by atoms with Gasteiger partial charge in [-0.3, -0.25) is 9.59 Å². The molecular formula is C62H103N3O8. The van der Waals surface area contributed by atoms with Crippen molar-refractivity contribution >= 4 is 24.1 Å². The minimum Gasteiger partial charge on any atom is -0.497 e. The molecule has 11 nitrogen and oxygen atoms in total. The molecule has 11 heteroatoms. The Bertz CT molecular complexity index is 1970. The van der Waals surface area contributed by atoms with Gasteiger partial charge in [-0.15, -0.1) is 0 Å². The number of unbranched alkanes of at least 4 members (excludes halogenated alkanes) is 4. The fourth-order valence-electron chi connectivity index (χ4n) is 14.1. The van der Waals surface area contributed by atoms with Crippen LogP contribution in [0, 0.1) is 52.3 Å². The number of methoxy groups -OCH3 is 1. The number of allylic oxidation sites excluding steroid dienone is 1. The summed E-state index contributed by atoms with van der Waals surface area (Å²) in [5.74, 6) is 5.92. The molecule has 73 heavy (non-hydrogen) atoms. The normalized spacial score (nSPS) is 25.8. The van der Waals surface area contributed by atoms with E-state index in [0.717, 1.165) is 111 Å². The summed E-state index contributed by atoms with van der Waals surface area (Å²) in [7, 11) is 1.62. The summed E-state index contributed by atoms with van der Waals surface area (Å²) in [6.07, 6.45) is 21.1. The highest BCUT2D eigenvalue weighted by Gasteiger charge is 2.59. The van der Waals surface area contributed by atoms with Crippen LogP contribution in [-0.2, 0) is 30.4 Å². The number of nitrogens with zero attached hydrogens (tertiary/aromatic N) is 1. The summed E-state index contributed by atoms with van der Waals surface area (Å²) in [5.41, 5.74) is 1.36. The minimum atomic E-state index is -0.622. The quantitative estimate of drug-likeness (QED) is 0.0406. The molecule has 0 aliphatic heterocycles. The van der Waals surface area contributed by atoms with Gasteiger partial charge in [-0.25, -0.2) is 9.59 Å². The van der Waals surface area contributed by atoms with Crippen LogP contribution in [0.3, 0.4) is 0 Å². The lowest BCUT2D eigenvalue weighted by Crippen LogP contribution is -2.51. The number of carbonyl (C=O) groups excluding carboxylic acids is 4. The van der Waals surface area contributed by atoms with E-state index < -0.39 is 28.9 Å². The third kappa shape index (κ3) is 17.4. The summed E-state index contributed by atoms with van der Waals surface area (Å²) in [6, 6.07) is 7.45. The van der Waals surface area contributed by atoms with Crippen LogP contribution in [0.4, 0.5) is 9.59 Å². The third-order valence-corrected chi connectivity index (χ3v) is 18.5. The second-order valence-electron chi connectivity index (χ2n) is 26.4. The summed E-state index contributed by atoms with van der Waals surface area (Å²) in [6.45, 7) is 29.6. The Morgan fingerprint density at radius 3 is 2.11 bits per heavy atom. The van der Waals surface area contributed by atoms with Crippen molar-refractivity contribution in [2.24, 2.45) is 52.3 Å². The first kappa shape index (κ1) is 60.1. The van der Waals surface area contributed by atoms with Gasteiger partial charge in [0.15, 0.2) is 0 Å². The third-order valence-electron chi connectivity index (χ3n) is 18.5. The van der Waals surface area contributed by atoms with E-state index in [2.05, 4.69) is 58.3 Å². The lowest BCUT2D eigenvalue weighted by atomic mass is 9.47. The first-order valence-electron chi connectivity index (χ1n) is 29.0. The minimum absolute atomic E-state index is 0.0572. The average molecular weight is 1020 g/mol. The number of ether oxygens (including phenoxy) is 4. The summed E-state index contributed by atoms with van der Waals surface area (Å²) >= 11 is 0. The number of hydrogen-bond acceptors (Lipinski definition) is 8. The summed E-state index contributed by atoms with van der Waals surface area (Å²) in [5, 5.41) is 6.00. The zero-order valence-electron chi connectivity index (χ0n) is 48.5. The molecule has 5 rings (SSSR count). The van der Waals surface area contributed by atoms with Gasteiger partial charge in [-0.2, -0.15) is 0 Å². The van der Waals surface area contributed by atoms with Gasteiger partial charge >= 0.3 is 18.2 Å². The Labute approximate surface area is 443 Å². The van der Waals surface area contributed by atoms with Crippen molar-refractivity contribution in [1.29, 1.82) is 0 Å². The number of hydrogen-bond donors (Lipinski definition) is 2. The van der Waals surface area contributed by atoms with Gasteiger partial charge < -0.3 is 34.5 Å². The largest absolute Gasteiger partial charge is 0.497 e. The molecule has 0 saturated heterocycles. The maximum Gasteiger partial charge on any atom is 0.408 e. The maximum atomic E-state index is 14.0. The number of rotatable bonds is 26. The molecule has 9 atom stereocenters. The number of carbonyl (C=O) groups is 4.